The number of amides is 2. The summed E-state index contributed by atoms with van der Waals surface area (Å²) in [5.74, 6) is -0.0997. The fraction of sp³-hybridized carbons (Fsp3) is 0.263. The van der Waals surface area contributed by atoms with Crippen LogP contribution in [0, 0.1) is 0 Å². The quantitative estimate of drug-likeness (QED) is 0.767. The molecule has 0 aliphatic rings. The molecule has 0 aliphatic heterocycles. The maximum Gasteiger partial charge on any atom is 0.244 e. The van der Waals surface area contributed by atoms with Crippen molar-refractivity contribution in [3.63, 3.8) is 0 Å². The summed E-state index contributed by atoms with van der Waals surface area (Å²) in [7, 11) is 0. The van der Waals surface area contributed by atoms with Gasteiger partial charge >= 0.3 is 0 Å². The Kier molecular flexibility index (Phi) is 6.89. The van der Waals surface area contributed by atoms with Gasteiger partial charge in [0.2, 0.25) is 11.8 Å². The van der Waals surface area contributed by atoms with Crippen LogP contribution >= 0.6 is 23.2 Å². The molecule has 0 saturated heterocycles. The van der Waals surface area contributed by atoms with Gasteiger partial charge in [-0.15, -0.1) is 0 Å². The Balaban J connectivity index is 2.18. The summed E-state index contributed by atoms with van der Waals surface area (Å²) >= 11 is 12.0. The van der Waals surface area contributed by atoms with Crippen LogP contribution < -0.4 is 15.0 Å². The molecular weight excluding hydrogens is 375 g/mol. The smallest absolute Gasteiger partial charge is 0.244 e. The van der Waals surface area contributed by atoms with Crippen LogP contribution in [0.3, 0.4) is 0 Å². The maximum atomic E-state index is 12.5. The lowest BCUT2D eigenvalue weighted by Gasteiger charge is -2.22. The Labute approximate surface area is 162 Å². The molecule has 26 heavy (non-hydrogen) atoms. The van der Waals surface area contributed by atoms with Gasteiger partial charge in [0.05, 0.1) is 11.8 Å². The number of nitrogens with zero attached hydrogens (tertiary/aromatic N) is 1. The number of hydrogen-bond acceptors (Lipinski definition) is 3. The van der Waals surface area contributed by atoms with Crippen molar-refractivity contribution in [3.8, 4) is 5.75 Å². The first-order valence-corrected chi connectivity index (χ1v) is 8.81. The van der Waals surface area contributed by atoms with E-state index in [0.717, 1.165) is 0 Å². The monoisotopic (exact) mass is 394 g/mol. The number of halogens is 2. The van der Waals surface area contributed by atoms with E-state index in [1.54, 1.807) is 36.4 Å². The minimum Gasteiger partial charge on any atom is -0.489 e. The van der Waals surface area contributed by atoms with Gasteiger partial charge in [-0.2, -0.15) is 0 Å². The molecule has 2 amide bonds. The average molecular weight is 395 g/mol. The van der Waals surface area contributed by atoms with E-state index in [2.05, 4.69) is 5.32 Å². The summed E-state index contributed by atoms with van der Waals surface area (Å²) in [5, 5.41) is 3.54. The third-order valence-corrected chi connectivity index (χ3v) is 3.80. The van der Waals surface area contributed by atoms with Crippen LogP contribution in [0.4, 0.5) is 11.4 Å². The predicted molar refractivity (Wildman–Crippen MR) is 105 cm³/mol. The van der Waals surface area contributed by atoms with Crippen LogP contribution in [0.15, 0.2) is 42.5 Å². The van der Waals surface area contributed by atoms with Crippen molar-refractivity contribution in [1.29, 1.82) is 0 Å². The van der Waals surface area contributed by atoms with Gasteiger partial charge in [-0.1, -0.05) is 35.3 Å². The molecule has 0 unspecified atom stereocenters. The molecule has 5 nitrogen and oxygen atoms in total. The Morgan fingerprint density at radius 2 is 1.73 bits per heavy atom. The molecule has 0 atom stereocenters. The first-order chi connectivity index (χ1) is 12.3. The third kappa shape index (κ3) is 5.64. The van der Waals surface area contributed by atoms with Crippen molar-refractivity contribution >= 4 is 46.4 Å². The van der Waals surface area contributed by atoms with E-state index in [9.17, 15) is 9.59 Å². The lowest BCUT2D eigenvalue weighted by Crippen LogP contribution is -2.36. The Bertz CT molecular complexity index is 789. The number of carbonyl (C=O) groups excluding carboxylic acids is 2. The topological polar surface area (TPSA) is 58.6 Å². The molecule has 2 aromatic rings. The first-order valence-electron chi connectivity index (χ1n) is 8.06. The number of anilines is 2. The van der Waals surface area contributed by atoms with E-state index in [1.807, 2.05) is 19.9 Å². The molecule has 138 valence electrons. The molecule has 1 N–H and O–H groups in total. The number of ether oxygens (including phenoxy) is 1. The highest BCUT2D eigenvalue weighted by Gasteiger charge is 2.18. The van der Waals surface area contributed by atoms with E-state index in [1.165, 1.54) is 11.8 Å². The van der Waals surface area contributed by atoms with Gasteiger partial charge in [0, 0.05) is 22.7 Å². The summed E-state index contributed by atoms with van der Waals surface area (Å²) in [5.41, 5.74) is 0.996. The number of rotatable bonds is 6. The van der Waals surface area contributed by atoms with Crippen molar-refractivity contribution in [1.82, 2.24) is 0 Å². The summed E-state index contributed by atoms with van der Waals surface area (Å²) in [6.07, 6.45) is -0.0321. The lowest BCUT2D eigenvalue weighted by atomic mass is 10.2. The summed E-state index contributed by atoms with van der Waals surface area (Å²) in [4.78, 5) is 25.8. The van der Waals surface area contributed by atoms with Gasteiger partial charge < -0.3 is 15.0 Å². The van der Waals surface area contributed by atoms with Gasteiger partial charge in [-0.25, -0.2) is 0 Å². The van der Waals surface area contributed by atoms with E-state index in [-0.39, 0.29) is 24.5 Å². The highest BCUT2D eigenvalue weighted by molar-refractivity contribution is 6.35. The standard InChI is InChI=1S/C19H20Cl2N2O3/c1-12(2)26-18-7-5-4-6-17(18)22-19(25)11-23(13(3)24)16-9-14(20)8-15(21)10-16/h4-10,12H,11H2,1-3H3,(H,22,25). The Hall–Kier alpha value is -2.24. The minimum absolute atomic E-state index is 0.0321. The van der Waals surface area contributed by atoms with Crippen LogP contribution in [0.1, 0.15) is 20.8 Å². The first kappa shape index (κ1) is 20.1. The fourth-order valence-electron chi connectivity index (χ4n) is 2.34. The average Bonchev–Trinajstić information content (AvgIpc) is 2.52. The minimum atomic E-state index is -0.365. The maximum absolute atomic E-state index is 12.5. The van der Waals surface area contributed by atoms with Crippen molar-refractivity contribution in [2.24, 2.45) is 0 Å². The Morgan fingerprint density at radius 3 is 2.31 bits per heavy atom. The lowest BCUT2D eigenvalue weighted by molar-refractivity contribution is -0.120. The normalized spacial score (nSPS) is 10.5. The molecule has 0 aromatic heterocycles. The van der Waals surface area contributed by atoms with Crippen LogP contribution in [0.2, 0.25) is 10.0 Å². The van der Waals surface area contributed by atoms with Gasteiger partial charge in [-0.3, -0.25) is 9.59 Å². The van der Waals surface area contributed by atoms with Gasteiger partial charge in [0.15, 0.2) is 0 Å². The molecule has 2 aromatic carbocycles. The predicted octanol–water partition coefficient (Wildman–Crippen LogP) is 4.77. The largest absolute Gasteiger partial charge is 0.489 e. The van der Waals surface area contributed by atoms with Crippen LogP contribution in [0.5, 0.6) is 5.75 Å². The second-order valence-electron chi connectivity index (χ2n) is 5.94. The molecule has 0 heterocycles. The van der Waals surface area contributed by atoms with Crippen LogP contribution in [0.25, 0.3) is 0 Å². The number of carbonyl (C=O) groups is 2. The number of para-hydroxylation sites is 2. The molecule has 0 aliphatic carbocycles. The van der Waals surface area contributed by atoms with Crippen LogP contribution in [-0.2, 0) is 9.59 Å². The zero-order valence-corrected chi connectivity index (χ0v) is 16.3. The number of nitrogens with one attached hydrogen (secondary N) is 1. The van der Waals surface area contributed by atoms with E-state index in [0.29, 0.717) is 27.2 Å². The fourth-order valence-corrected chi connectivity index (χ4v) is 2.85. The second-order valence-corrected chi connectivity index (χ2v) is 6.82. The van der Waals surface area contributed by atoms with Crippen molar-refractivity contribution in [3.05, 3.63) is 52.5 Å². The van der Waals surface area contributed by atoms with Gasteiger partial charge in [0.1, 0.15) is 12.3 Å². The zero-order valence-electron chi connectivity index (χ0n) is 14.8. The van der Waals surface area contributed by atoms with E-state index < -0.39 is 0 Å². The molecule has 0 radical (unpaired) electrons. The van der Waals surface area contributed by atoms with Crippen LogP contribution in [-0.4, -0.2) is 24.5 Å². The summed E-state index contributed by atoms with van der Waals surface area (Å²) in [6, 6.07) is 11.9. The van der Waals surface area contributed by atoms with E-state index >= 15 is 0 Å². The second kappa shape index (κ2) is 8.92. The molecule has 0 spiro atoms. The molecule has 0 fully saturated rings. The van der Waals surface area contributed by atoms with Crippen molar-refractivity contribution < 1.29 is 14.3 Å². The molecular formula is C19H20Cl2N2O3. The van der Waals surface area contributed by atoms with Crippen molar-refractivity contribution in [2.45, 2.75) is 26.9 Å². The summed E-state index contributed by atoms with van der Waals surface area (Å²) in [6.45, 7) is 5.00. The van der Waals surface area contributed by atoms with Crippen molar-refractivity contribution in [2.75, 3.05) is 16.8 Å². The third-order valence-electron chi connectivity index (χ3n) is 3.36. The number of hydrogen-bond donors (Lipinski definition) is 1. The molecule has 0 saturated carbocycles. The zero-order chi connectivity index (χ0) is 19.3. The molecule has 2 rings (SSSR count). The van der Waals surface area contributed by atoms with Gasteiger partial charge in [0.25, 0.3) is 0 Å². The molecule has 0 bridgehead atoms. The van der Waals surface area contributed by atoms with Gasteiger partial charge in [-0.05, 0) is 44.2 Å². The SMILES string of the molecule is CC(=O)N(CC(=O)Nc1ccccc1OC(C)C)c1cc(Cl)cc(Cl)c1. The number of benzene rings is 2. The van der Waals surface area contributed by atoms with E-state index in [4.69, 9.17) is 27.9 Å². The Morgan fingerprint density at radius 1 is 1.12 bits per heavy atom. The highest BCUT2D eigenvalue weighted by atomic mass is 35.5. The summed E-state index contributed by atoms with van der Waals surface area (Å²) < 4.78 is 5.68. The molecule has 7 heteroatoms. The highest BCUT2D eigenvalue weighted by Crippen LogP contribution is 2.27.